The Morgan fingerprint density at radius 2 is 2.08 bits per heavy atom. The largest absolute Gasteiger partial charge is 0.247 e. The highest BCUT2D eigenvalue weighted by Crippen LogP contribution is 2.23. The second-order valence-corrected chi connectivity index (χ2v) is 3.27. The summed E-state index contributed by atoms with van der Waals surface area (Å²) >= 11 is 9.10. The van der Waals surface area contributed by atoms with Gasteiger partial charge in [-0.2, -0.15) is 0 Å². The van der Waals surface area contributed by atoms with Crippen molar-refractivity contribution < 1.29 is 0 Å². The predicted octanol–water partition coefficient (Wildman–Crippen LogP) is 2.44. The molecule has 0 aromatic carbocycles. The average molecular weight is 244 g/mol. The van der Waals surface area contributed by atoms with Crippen molar-refractivity contribution in [1.82, 2.24) is 15.0 Å². The molecule has 5 heteroatoms. The second kappa shape index (κ2) is 2.95. The van der Waals surface area contributed by atoms with Crippen LogP contribution in [0.5, 0.6) is 0 Å². The monoisotopic (exact) mass is 243 g/mol. The quantitative estimate of drug-likeness (QED) is 0.528. The molecule has 0 saturated heterocycles. The van der Waals surface area contributed by atoms with Gasteiger partial charge in [-0.3, -0.25) is 0 Å². The summed E-state index contributed by atoms with van der Waals surface area (Å²) in [7, 11) is 0. The molecule has 0 N–H and O–H groups in total. The summed E-state index contributed by atoms with van der Waals surface area (Å²) in [6.45, 7) is 0. The fourth-order valence-corrected chi connectivity index (χ4v) is 1.55. The van der Waals surface area contributed by atoms with Crippen molar-refractivity contribution in [1.29, 1.82) is 0 Å². The Balaban J connectivity index is 2.94. The van der Waals surface area contributed by atoms with Gasteiger partial charge in [0.15, 0.2) is 0 Å². The van der Waals surface area contributed by atoms with Gasteiger partial charge in [0, 0.05) is 11.6 Å². The van der Waals surface area contributed by atoms with Crippen LogP contribution in [0.15, 0.2) is 23.2 Å². The lowest BCUT2D eigenvalue weighted by molar-refractivity contribution is 1.19. The van der Waals surface area contributed by atoms with Crippen LogP contribution in [0.2, 0.25) is 5.15 Å². The van der Waals surface area contributed by atoms with Crippen molar-refractivity contribution in [3.8, 4) is 0 Å². The minimum absolute atomic E-state index is 0.447. The van der Waals surface area contributed by atoms with Crippen molar-refractivity contribution in [2.24, 2.45) is 0 Å². The van der Waals surface area contributed by atoms with Crippen LogP contribution in [0.25, 0.3) is 10.9 Å². The number of hydrogen-bond donors (Lipinski definition) is 0. The van der Waals surface area contributed by atoms with Gasteiger partial charge < -0.3 is 0 Å². The summed E-state index contributed by atoms with van der Waals surface area (Å²) < 4.78 is 0.685. The molecule has 2 aromatic rings. The molecule has 0 atom stereocenters. The highest BCUT2D eigenvalue weighted by Gasteiger charge is 2.03. The van der Waals surface area contributed by atoms with Crippen LogP contribution < -0.4 is 0 Å². The van der Waals surface area contributed by atoms with E-state index in [9.17, 15) is 0 Å². The first-order chi connectivity index (χ1) is 5.79. The Kier molecular flexibility index (Phi) is 1.94. The zero-order chi connectivity index (χ0) is 8.55. The molecule has 2 rings (SSSR count). The van der Waals surface area contributed by atoms with Crippen LogP contribution in [0.1, 0.15) is 0 Å². The lowest BCUT2D eigenvalue weighted by Gasteiger charge is -1.98. The lowest BCUT2D eigenvalue weighted by atomic mass is 10.3. The number of pyridine rings is 1. The third-order valence-corrected chi connectivity index (χ3v) is 2.34. The van der Waals surface area contributed by atoms with E-state index in [0.717, 1.165) is 10.9 Å². The first kappa shape index (κ1) is 7.89. The summed E-state index contributed by atoms with van der Waals surface area (Å²) in [4.78, 5) is 11.9. The third kappa shape index (κ3) is 1.17. The van der Waals surface area contributed by atoms with Gasteiger partial charge in [-0.1, -0.05) is 11.6 Å². The molecule has 0 bridgehead atoms. The summed E-state index contributed by atoms with van der Waals surface area (Å²) in [5.41, 5.74) is 0.734. The fourth-order valence-electron chi connectivity index (χ4n) is 0.925. The van der Waals surface area contributed by atoms with Crippen molar-refractivity contribution in [3.05, 3.63) is 28.3 Å². The molecule has 0 unspecified atom stereocenters. The Morgan fingerprint density at radius 1 is 1.25 bits per heavy atom. The van der Waals surface area contributed by atoms with E-state index in [0.29, 0.717) is 9.76 Å². The zero-order valence-electron chi connectivity index (χ0n) is 5.83. The molecular weight excluding hydrogens is 241 g/mol. The van der Waals surface area contributed by atoms with Crippen LogP contribution in [0, 0.1) is 0 Å². The van der Waals surface area contributed by atoms with E-state index in [1.54, 1.807) is 12.3 Å². The molecule has 0 aliphatic rings. The van der Waals surface area contributed by atoms with Gasteiger partial charge in [0.05, 0.1) is 0 Å². The van der Waals surface area contributed by atoms with Gasteiger partial charge in [-0.05, 0) is 22.0 Å². The smallest absolute Gasteiger partial charge is 0.140 e. The second-order valence-electron chi connectivity index (χ2n) is 2.16. The Labute approximate surface area is 81.9 Å². The van der Waals surface area contributed by atoms with E-state index in [2.05, 4.69) is 30.9 Å². The Morgan fingerprint density at radius 3 is 2.83 bits per heavy atom. The maximum absolute atomic E-state index is 5.83. The first-order valence-electron chi connectivity index (χ1n) is 3.20. The summed E-state index contributed by atoms with van der Waals surface area (Å²) in [5.74, 6) is 0. The maximum Gasteiger partial charge on any atom is 0.140 e. The summed E-state index contributed by atoms with van der Waals surface area (Å²) in [6, 6.07) is 1.78. The molecule has 3 nitrogen and oxygen atoms in total. The minimum Gasteiger partial charge on any atom is -0.247 e. The Bertz CT molecular complexity index is 391. The van der Waals surface area contributed by atoms with Gasteiger partial charge in [0.25, 0.3) is 0 Å². The van der Waals surface area contributed by atoms with Gasteiger partial charge in [0.1, 0.15) is 21.6 Å². The summed E-state index contributed by atoms with van der Waals surface area (Å²) in [6.07, 6.45) is 3.07. The van der Waals surface area contributed by atoms with E-state index in [1.807, 2.05) is 0 Å². The lowest BCUT2D eigenvalue weighted by Crippen LogP contribution is -1.86. The summed E-state index contributed by atoms with van der Waals surface area (Å²) in [5, 5.41) is 1.25. The molecule has 0 saturated carbocycles. The molecule has 0 radical (unpaired) electrons. The number of fused-ring (bicyclic) bond motifs is 1. The first-order valence-corrected chi connectivity index (χ1v) is 4.37. The van der Waals surface area contributed by atoms with Crippen LogP contribution in [0.3, 0.4) is 0 Å². The molecule has 0 aliphatic carbocycles. The average Bonchev–Trinajstić information content (AvgIpc) is 2.07. The van der Waals surface area contributed by atoms with Gasteiger partial charge in [-0.25, -0.2) is 15.0 Å². The molecule has 0 aliphatic heterocycles. The highest BCUT2D eigenvalue weighted by atomic mass is 79.9. The van der Waals surface area contributed by atoms with Crippen molar-refractivity contribution >= 4 is 38.4 Å². The minimum atomic E-state index is 0.447. The van der Waals surface area contributed by atoms with E-state index in [4.69, 9.17) is 11.6 Å². The van der Waals surface area contributed by atoms with E-state index in [-0.39, 0.29) is 0 Å². The van der Waals surface area contributed by atoms with E-state index < -0.39 is 0 Å². The zero-order valence-corrected chi connectivity index (χ0v) is 8.17. The molecule has 60 valence electrons. The number of nitrogens with zero attached hydrogens (tertiary/aromatic N) is 3. The van der Waals surface area contributed by atoms with Crippen molar-refractivity contribution in [2.75, 3.05) is 0 Å². The molecule has 0 spiro atoms. The molecule has 2 heterocycles. The standard InChI is InChI=1S/C7H3BrClN3/c8-6-5-4(1-2-10-6)7(9)12-3-11-5/h1-3H. The van der Waals surface area contributed by atoms with Crippen LogP contribution in [0.4, 0.5) is 0 Å². The van der Waals surface area contributed by atoms with Crippen LogP contribution in [-0.4, -0.2) is 15.0 Å². The molecule has 0 amide bonds. The van der Waals surface area contributed by atoms with Crippen molar-refractivity contribution in [2.45, 2.75) is 0 Å². The third-order valence-electron chi connectivity index (χ3n) is 1.46. The van der Waals surface area contributed by atoms with E-state index in [1.165, 1.54) is 6.33 Å². The fraction of sp³-hybridized carbons (Fsp3) is 0. The van der Waals surface area contributed by atoms with Gasteiger partial charge in [0.2, 0.25) is 0 Å². The van der Waals surface area contributed by atoms with Gasteiger partial charge in [-0.15, -0.1) is 0 Å². The Hall–Kier alpha value is -0.740. The number of halogens is 2. The topological polar surface area (TPSA) is 38.7 Å². The number of aromatic nitrogens is 3. The van der Waals surface area contributed by atoms with Gasteiger partial charge >= 0.3 is 0 Å². The van der Waals surface area contributed by atoms with Crippen LogP contribution >= 0.6 is 27.5 Å². The molecule has 12 heavy (non-hydrogen) atoms. The van der Waals surface area contributed by atoms with E-state index >= 15 is 0 Å². The molecular formula is C7H3BrClN3. The van der Waals surface area contributed by atoms with Crippen molar-refractivity contribution in [3.63, 3.8) is 0 Å². The normalized spacial score (nSPS) is 10.5. The number of hydrogen-bond acceptors (Lipinski definition) is 3. The predicted molar refractivity (Wildman–Crippen MR) is 50.0 cm³/mol. The maximum atomic E-state index is 5.83. The molecule has 2 aromatic heterocycles. The highest BCUT2D eigenvalue weighted by molar-refractivity contribution is 9.10. The SMILES string of the molecule is Clc1ncnc2c(Br)nccc12. The number of rotatable bonds is 0. The molecule has 0 fully saturated rings. The van der Waals surface area contributed by atoms with Crippen LogP contribution in [-0.2, 0) is 0 Å².